The maximum Gasteiger partial charge on any atom is 0.393 e. The second-order valence-electron chi connectivity index (χ2n) is 2.06. The Labute approximate surface area is 67.4 Å². The Kier molecular flexibility index (Phi) is 2.05. The van der Waals surface area contributed by atoms with Crippen LogP contribution in [0.15, 0.2) is 24.3 Å². The maximum absolute atomic E-state index is 10.3. The van der Waals surface area contributed by atoms with Gasteiger partial charge < -0.3 is 0 Å². The predicted octanol–water partition coefficient (Wildman–Crippen LogP) is 1.17. The van der Waals surface area contributed by atoms with Crippen molar-refractivity contribution in [2.45, 2.75) is 0 Å². The van der Waals surface area contributed by atoms with Crippen molar-refractivity contribution < 1.29 is 14.8 Å². The van der Waals surface area contributed by atoms with Crippen molar-refractivity contribution in [1.29, 1.82) is 0 Å². The molecule has 1 radical (unpaired) electrons. The Morgan fingerprint density at radius 2 is 1.92 bits per heavy atom. The number of rotatable bonds is 2. The molecule has 1 rings (SSSR count). The van der Waals surface area contributed by atoms with Crippen LogP contribution in [0.25, 0.3) is 0 Å². The fourth-order valence-electron chi connectivity index (χ4n) is 0.805. The molecule has 61 valence electrons. The largest absolute Gasteiger partial charge is 0.393 e. The summed E-state index contributed by atoms with van der Waals surface area (Å²) in [4.78, 5) is 19.8. The molecule has 0 saturated heterocycles. The molecule has 0 amide bonds. The molecule has 0 unspecified atom stereocenters. The summed E-state index contributed by atoms with van der Waals surface area (Å²) in [7, 11) is 0. The number of hydrogen-bond acceptors (Lipinski definition) is 3. The van der Waals surface area contributed by atoms with Crippen LogP contribution in [0, 0.1) is 10.1 Å². The van der Waals surface area contributed by atoms with Crippen LogP contribution < -0.4 is 0 Å². The van der Waals surface area contributed by atoms with Gasteiger partial charge in [-0.05, 0) is 6.07 Å². The van der Waals surface area contributed by atoms with Crippen LogP contribution >= 0.6 is 0 Å². The van der Waals surface area contributed by atoms with Crippen LogP contribution in [0.4, 0.5) is 5.69 Å². The number of para-hydroxylation sites is 1. The zero-order chi connectivity index (χ0) is 9.14. The van der Waals surface area contributed by atoms with Crippen LogP contribution in [0.1, 0.15) is 10.4 Å². The second kappa shape index (κ2) is 3.00. The zero-order valence-corrected chi connectivity index (χ0v) is 5.89. The lowest BCUT2D eigenvalue weighted by molar-refractivity contribution is -0.385. The van der Waals surface area contributed by atoms with E-state index in [1.165, 1.54) is 12.1 Å². The Morgan fingerprint density at radius 1 is 1.33 bits per heavy atom. The number of carbonyl (C=O) groups excluding carboxylic acids is 1. The van der Waals surface area contributed by atoms with Crippen LogP contribution in [0.3, 0.4) is 0 Å². The lowest BCUT2D eigenvalue weighted by Gasteiger charge is -1.93. The van der Waals surface area contributed by atoms with Crippen LogP contribution in [-0.4, -0.2) is 10.9 Å². The van der Waals surface area contributed by atoms with Gasteiger partial charge in [-0.3, -0.25) is 10.1 Å². The van der Waals surface area contributed by atoms with Crippen molar-refractivity contribution in [3.05, 3.63) is 39.9 Å². The van der Waals surface area contributed by atoms with E-state index in [1.54, 1.807) is 0 Å². The van der Waals surface area contributed by atoms with Gasteiger partial charge in [0.1, 0.15) is 5.56 Å². The quantitative estimate of drug-likeness (QED) is 0.488. The molecule has 5 nitrogen and oxygen atoms in total. The highest BCUT2D eigenvalue weighted by Crippen LogP contribution is 2.16. The molecule has 0 fully saturated rings. The normalized spacial score (nSPS) is 9.33. The highest BCUT2D eigenvalue weighted by Gasteiger charge is 2.18. The number of nitro groups is 1. The standard InChI is InChI=1S/C7H4NO4/c9-7(10)5-3-1-2-4-6(5)8(11)12/h1-4H. The van der Waals surface area contributed by atoms with Gasteiger partial charge in [0.15, 0.2) is 0 Å². The average molecular weight is 166 g/mol. The molecule has 0 N–H and O–H groups in total. The minimum absolute atomic E-state index is 0.400. The van der Waals surface area contributed by atoms with E-state index in [0.29, 0.717) is 0 Å². The fraction of sp³-hybridized carbons (Fsp3) is 0. The molecule has 5 heteroatoms. The zero-order valence-electron chi connectivity index (χ0n) is 5.89. The number of nitro benzene ring substituents is 1. The van der Waals surface area contributed by atoms with Gasteiger partial charge >= 0.3 is 5.97 Å². The van der Waals surface area contributed by atoms with Gasteiger partial charge in [-0.25, -0.2) is 9.90 Å². The van der Waals surface area contributed by atoms with Gasteiger partial charge in [0, 0.05) is 6.07 Å². The number of benzene rings is 1. The molecule has 1 aromatic carbocycles. The molecule has 0 spiro atoms. The van der Waals surface area contributed by atoms with Crippen LogP contribution in [-0.2, 0) is 5.11 Å². The minimum Gasteiger partial charge on any atom is -0.258 e. The molecule has 0 aliphatic heterocycles. The summed E-state index contributed by atoms with van der Waals surface area (Å²) in [5.41, 5.74) is -0.847. The first-order chi connectivity index (χ1) is 5.63. The van der Waals surface area contributed by atoms with Gasteiger partial charge in [0.25, 0.3) is 5.69 Å². The Hall–Kier alpha value is -1.91. The lowest BCUT2D eigenvalue weighted by atomic mass is 10.2. The third kappa shape index (κ3) is 1.39. The molecule has 0 heterocycles. The van der Waals surface area contributed by atoms with E-state index in [2.05, 4.69) is 0 Å². The van der Waals surface area contributed by atoms with Crippen molar-refractivity contribution in [2.75, 3.05) is 0 Å². The first-order valence-corrected chi connectivity index (χ1v) is 3.07. The Bertz CT molecular complexity index is 301. The Balaban J connectivity index is 3.27. The SMILES string of the molecule is [O]C(=O)c1ccccc1[N+](=O)[O-]. The maximum atomic E-state index is 10.3. The van der Waals surface area contributed by atoms with E-state index in [4.69, 9.17) is 0 Å². The van der Waals surface area contributed by atoms with Crippen molar-refractivity contribution in [1.82, 2.24) is 0 Å². The third-order valence-corrected chi connectivity index (χ3v) is 1.32. The van der Waals surface area contributed by atoms with E-state index in [0.717, 1.165) is 12.1 Å². The molecule has 0 aliphatic carbocycles. The summed E-state index contributed by atoms with van der Waals surface area (Å²) in [5, 5.41) is 20.6. The fourth-order valence-corrected chi connectivity index (χ4v) is 0.805. The molecule has 0 bridgehead atoms. The minimum atomic E-state index is -1.54. The molecule has 0 aliphatic rings. The summed E-state index contributed by atoms with van der Waals surface area (Å²) < 4.78 is 0. The summed E-state index contributed by atoms with van der Waals surface area (Å²) in [5.74, 6) is -1.54. The third-order valence-electron chi connectivity index (χ3n) is 1.32. The summed E-state index contributed by atoms with van der Waals surface area (Å²) >= 11 is 0. The predicted molar refractivity (Wildman–Crippen MR) is 38.1 cm³/mol. The average Bonchev–Trinajstić information content (AvgIpc) is 2.04. The molecule has 12 heavy (non-hydrogen) atoms. The molecule has 0 atom stereocenters. The lowest BCUT2D eigenvalue weighted by Crippen LogP contribution is -2.00. The monoisotopic (exact) mass is 166 g/mol. The van der Waals surface area contributed by atoms with Gasteiger partial charge in [-0.1, -0.05) is 12.1 Å². The van der Waals surface area contributed by atoms with Crippen LogP contribution in [0.2, 0.25) is 0 Å². The molecule has 1 aromatic rings. The first kappa shape index (κ1) is 8.19. The Morgan fingerprint density at radius 3 is 2.33 bits per heavy atom. The van der Waals surface area contributed by atoms with Gasteiger partial charge in [-0.2, -0.15) is 0 Å². The number of carbonyl (C=O) groups is 1. The smallest absolute Gasteiger partial charge is 0.258 e. The van der Waals surface area contributed by atoms with E-state index >= 15 is 0 Å². The number of nitrogens with zero attached hydrogens (tertiary/aromatic N) is 1. The van der Waals surface area contributed by atoms with Gasteiger partial charge in [0.05, 0.1) is 4.92 Å². The van der Waals surface area contributed by atoms with E-state index < -0.39 is 22.1 Å². The van der Waals surface area contributed by atoms with Crippen molar-refractivity contribution in [2.24, 2.45) is 0 Å². The summed E-state index contributed by atoms with van der Waals surface area (Å²) in [6, 6.07) is 5.04. The molecular weight excluding hydrogens is 162 g/mol. The molecular formula is C7H4NO4. The topological polar surface area (TPSA) is 80.1 Å². The van der Waals surface area contributed by atoms with Crippen LogP contribution in [0.5, 0.6) is 0 Å². The van der Waals surface area contributed by atoms with Crippen molar-refractivity contribution in [3.8, 4) is 0 Å². The summed E-state index contributed by atoms with van der Waals surface area (Å²) in [6.45, 7) is 0. The number of hydrogen-bond donors (Lipinski definition) is 0. The molecule has 0 saturated carbocycles. The summed E-state index contributed by atoms with van der Waals surface area (Å²) in [6.07, 6.45) is 0. The van der Waals surface area contributed by atoms with Crippen molar-refractivity contribution >= 4 is 11.7 Å². The van der Waals surface area contributed by atoms with E-state index in [-0.39, 0.29) is 0 Å². The van der Waals surface area contributed by atoms with E-state index in [1.807, 2.05) is 0 Å². The first-order valence-electron chi connectivity index (χ1n) is 3.07. The van der Waals surface area contributed by atoms with Gasteiger partial charge in [-0.15, -0.1) is 0 Å². The highest BCUT2D eigenvalue weighted by atomic mass is 16.6. The van der Waals surface area contributed by atoms with Crippen molar-refractivity contribution in [3.63, 3.8) is 0 Å². The molecule has 0 aromatic heterocycles. The highest BCUT2D eigenvalue weighted by molar-refractivity contribution is 5.91. The van der Waals surface area contributed by atoms with Gasteiger partial charge in [0.2, 0.25) is 0 Å². The second-order valence-corrected chi connectivity index (χ2v) is 2.06. The van der Waals surface area contributed by atoms with E-state index in [9.17, 15) is 20.0 Å².